The van der Waals surface area contributed by atoms with E-state index in [9.17, 15) is 24.3 Å². The van der Waals surface area contributed by atoms with Crippen molar-refractivity contribution in [1.29, 1.82) is 0 Å². The number of imide groups is 1. The van der Waals surface area contributed by atoms with Crippen LogP contribution in [0.4, 0.5) is 5.69 Å². The second kappa shape index (κ2) is 6.59. The van der Waals surface area contributed by atoms with E-state index in [2.05, 4.69) is 0 Å². The first-order valence-corrected chi connectivity index (χ1v) is 8.42. The van der Waals surface area contributed by atoms with E-state index < -0.39 is 17.8 Å². The normalized spacial score (nSPS) is 12.8. The molecule has 1 aliphatic heterocycles. The zero-order valence-electron chi connectivity index (χ0n) is 14.4. The predicted octanol–water partition coefficient (Wildman–Crippen LogP) is 2.08. The number of carboxylic acids is 1. The lowest BCUT2D eigenvalue weighted by molar-refractivity contribution is -0.254. The van der Waals surface area contributed by atoms with E-state index in [0.29, 0.717) is 5.56 Å². The topological polar surface area (TPSA) is 94.6 Å². The molecule has 1 heterocycles. The van der Waals surface area contributed by atoms with Crippen molar-refractivity contribution in [2.45, 2.75) is 0 Å². The van der Waals surface area contributed by atoms with Gasteiger partial charge in [0.05, 0.1) is 22.8 Å². The molecule has 0 radical (unpaired) electrons. The highest BCUT2D eigenvalue weighted by Gasteiger charge is 2.38. The summed E-state index contributed by atoms with van der Waals surface area (Å²) >= 11 is 0. The smallest absolute Gasteiger partial charge is 0.266 e. The van der Waals surface area contributed by atoms with Crippen LogP contribution in [-0.4, -0.2) is 23.6 Å². The first-order chi connectivity index (χ1) is 13.5. The van der Waals surface area contributed by atoms with Crippen molar-refractivity contribution >= 4 is 29.3 Å². The van der Waals surface area contributed by atoms with Crippen molar-refractivity contribution in [2.75, 3.05) is 4.90 Å². The third-order valence-electron chi connectivity index (χ3n) is 4.55. The van der Waals surface area contributed by atoms with Gasteiger partial charge in [0.1, 0.15) is 0 Å². The summed E-state index contributed by atoms with van der Waals surface area (Å²) in [7, 11) is 0. The molecule has 0 saturated heterocycles. The van der Waals surface area contributed by atoms with E-state index in [1.54, 1.807) is 30.3 Å². The molecule has 0 fully saturated rings. The summed E-state index contributed by atoms with van der Waals surface area (Å²) in [5, 5.41) is 11.4. The number of ketones is 1. The molecule has 1 aliphatic rings. The molecule has 0 N–H and O–H groups in total. The summed E-state index contributed by atoms with van der Waals surface area (Å²) in [6, 6.07) is 18.4. The minimum absolute atomic E-state index is 0.0555. The number of hydrogen-bond acceptors (Lipinski definition) is 5. The Bertz CT molecular complexity index is 1150. The van der Waals surface area contributed by atoms with E-state index in [1.165, 1.54) is 42.5 Å². The van der Waals surface area contributed by atoms with Gasteiger partial charge in [-0.25, -0.2) is 4.90 Å². The van der Waals surface area contributed by atoms with Crippen LogP contribution in [0.5, 0.6) is 0 Å². The molecule has 3 aromatic carbocycles. The first-order valence-electron chi connectivity index (χ1n) is 8.42. The summed E-state index contributed by atoms with van der Waals surface area (Å²) in [6.07, 6.45) is 0. The minimum Gasteiger partial charge on any atom is -0.545 e. The SMILES string of the molecule is O=C(c1ccccc1)c1ccc2c(c1)C(=O)N(c1ccccc1C(=O)[O-])C2=O. The Hall–Kier alpha value is -4.06. The van der Waals surface area contributed by atoms with Crippen LogP contribution < -0.4 is 10.0 Å². The van der Waals surface area contributed by atoms with Gasteiger partial charge in [0, 0.05) is 16.7 Å². The van der Waals surface area contributed by atoms with Gasteiger partial charge in [0.25, 0.3) is 11.8 Å². The average molecular weight is 370 g/mol. The highest BCUT2D eigenvalue weighted by Crippen LogP contribution is 2.31. The highest BCUT2D eigenvalue weighted by molar-refractivity contribution is 6.35. The predicted molar refractivity (Wildman–Crippen MR) is 98.2 cm³/mol. The molecular weight excluding hydrogens is 358 g/mol. The molecule has 0 aromatic heterocycles. The van der Waals surface area contributed by atoms with E-state index >= 15 is 0 Å². The van der Waals surface area contributed by atoms with Gasteiger partial charge in [-0.1, -0.05) is 54.6 Å². The highest BCUT2D eigenvalue weighted by atomic mass is 16.4. The molecule has 4 rings (SSSR count). The zero-order chi connectivity index (χ0) is 19.8. The van der Waals surface area contributed by atoms with Crippen LogP contribution in [0.25, 0.3) is 0 Å². The van der Waals surface area contributed by atoms with Crippen molar-refractivity contribution < 1.29 is 24.3 Å². The second-order valence-electron chi connectivity index (χ2n) is 6.21. The van der Waals surface area contributed by atoms with Crippen LogP contribution in [0, 0.1) is 0 Å². The summed E-state index contributed by atoms with van der Waals surface area (Å²) in [6.45, 7) is 0. The number of rotatable bonds is 4. The number of nitrogens with zero attached hydrogens (tertiary/aromatic N) is 1. The van der Waals surface area contributed by atoms with Crippen LogP contribution in [-0.2, 0) is 0 Å². The van der Waals surface area contributed by atoms with Crippen molar-refractivity contribution in [1.82, 2.24) is 0 Å². The molecular formula is C22H12NO5-. The number of carbonyl (C=O) groups is 4. The van der Waals surface area contributed by atoms with Gasteiger partial charge in [-0.05, 0) is 18.2 Å². The minimum atomic E-state index is -1.49. The molecule has 6 heteroatoms. The molecule has 136 valence electrons. The third-order valence-corrected chi connectivity index (χ3v) is 4.55. The molecule has 0 saturated carbocycles. The summed E-state index contributed by atoms with van der Waals surface area (Å²) < 4.78 is 0. The van der Waals surface area contributed by atoms with E-state index in [0.717, 1.165) is 4.90 Å². The largest absolute Gasteiger partial charge is 0.545 e. The monoisotopic (exact) mass is 370 g/mol. The number of hydrogen-bond donors (Lipinski definition) is 0. The van der Waals surface area contributed by atoms with Gasteiger partial charge in [-0.2, -0.15) is 0 Å². The lowest BCUT2D eigenvalue weighted by Crippen LogP contribution is -2.33. The Morgan fingerprint density at radius 1 is 0.714 bits per heavy atom. The number of amides is 2. The van der Waals surface area contributed by atoms with Crippen molar-refractivity contribution in [2.24, 2.45) is 0 Å². The van der Waals surface area contributed by atoms with Gasteiger partial charge in [-0.3, -0.25) is 14.4 Å². The van der Waals surface area contributed by atoms with Crippen molar-refractivity contribution in [3.05, 3.63) is 101 Å². The maximum atomic E-state index is 12.9. The number of anilines is 1. The van der Waals surface area contributed by atoms with Crippen LogP contribution in [0.15, 0.2) is 72.8 Å². The van der Waals surface area contributed by atoms with Crippen molar-refractivity contribution in [3.8, 4) is 0 Å². The van der Waals surface area contributed by atoms with E-state index in [1.807, 2.05) is 0 Å². The maximum Gasteiger partial charge on any atom is 0.266 e. The Kier molecular flexibility index (Phi) is 4.08. The van der Waals surface area contributed by atoms with Gasteiger partial charge in [-0.15, -0.1) is 0 Å². The Morgan fingerprint density at radius 3 is 2.07 bits per heavy atom. The second-order valence-corrected chi connectivity index (χ2v) is 6.21. The van der Waals surface area contributed by atoms with Gasteiger partial charge in [0.15, 0.2) is 5.78 Å². The molecule has 3 aromatic rings. The molecule has 0 spiro atoms. The van der Waals surface area contributed by atoms with Crippen molar-refractivity contribution in [3.63, 3.8) is 0 Å². The van der Waals surface area contributed by atoms with Crippen LogP contribution in [0.3, 0.4) is 0 Å². The molecule has 28 heavy (non-hydrogen) atoms. The van der Waals surface area contributed by atoms with Gasteiger partial charge in [0.2, 0.25) is 0 Å². The van der Waals surface area contributed by atoms with Crippen LogP contribution in [0.1, 0.15) is 47.0 Å². The maximum absolute atomic E-state index is 12.9. The Labute approximate surface area is 159 Å². The van der Waals surface area contributed by atoms with Gasteiger partial charge >= 0.3 is 0 Å². The number of carboxylic acid groups (broad SMARTS) is 1. The first kappa shape index (κ1) is 17.4. The number of aromatic carboxylic acids is 1. The third kappa shape index (κ3) is 2.68. The van der Waals surface area contributed by atoms with E-state index in [-0.39, 0.29) is 33.7 Å². The lowest BCUT2D eigenvalue weighted by atomic mass is 9.99. The number of fused-ring (bicyclic) bond motifs is 1. The number of benzene rings is 3. The summed E-state index contributed by atoms with van der Waals surface area (Å²) in [5.74, 6) is -3.10. The van der Waals surface area contributed by atoms with Crippen LogP contribution >= 0.6 is 0 Å². The lowest BCUT2D eigenvalue weighted by Gasteiger charge is -2.18. The van der Waals surface area contributed by atoms with Crippen LogP contribution in [0.2, 0.25) is 0 Å². The van der Waals surface area contributed by atoms with E-state index in [4.69, 9.17) is 0 Å². The number of carbonyl (C=O) groups excluding carboxylic acids is 4. The fourth-order valence-electron chi connectivity index (χ4n) is 3.20. The summed E-state index contributed by atoms with van der Waals surface area (Å²) in [4.78, 5) is 50.4. The quantitative estimate of drug-likeness (QED) is 0.518. The molecule has 0 unspecified atom stereocenters. The summed E-state index contributed by atoms with van der Waals surface area (Å²) in [5.41, 5.74) is 0.560. The zero-order valence-corrected chi connectivity index (χ0v) is 14.4. The molecule has 0 bridgehead atoms. The standard InChI is InChI=1S/C22H13NO5/c24-19(13-6-2-1-3-7-13)14-10-11-15-17(12-14)21(26)23(20(15)25)18-9-5-4-8-16(18)22(27)28/h1-12H,(H,27,28)/p-1. The molecule has 2 amide bonds. The average Bonchev–Trinajstić information content (AvgIpc) is 2.97. The Balaban J connectivity index is 1.77. The molecule has 0 atom stereocenters. The fraction of sp³-hybridized carbons (Fsp3) is 0. The van der Waals surface area contributed by atoms with Gasteiger partial charge < -0.3 is 9.90 Å². The number of para-hydroxylation sites is 1. The fourth-order valence-corrected chi connectivity index (χ4v) is 3.20. The molecule has 6 nitrogen and oxygen atoms in total. The molecule has 0 aliphatic carbocycles. The Morgan fingerprint density at radius 2 is 1.36 bits per heavy atom.